The van der Waals surface area contributed by atoms with Gasteiger partial charge in [-0.1, -0.05) is 59.7 Å². The average Bonchev–Trinajstić information content (AvgIpc) is 3.32. The molecule has 0 aliphatic rings. The van der Waals surface area contributed by atoms with E-state index in [1.54, 1.807) is 89.4 Å². The summed E-state index contributed by atoms with van der Waals surface area (Å²) in [6.07, 6.45) is 1.57. The summed E-state index contributed by atoms with van der Waals surface area (Å²) in [7, 11) is 2.39. The first kappa shape index (κ1) is 44.1. The zero-order chi connectivity index (χ0) is 45.5. The number of rotatable bonds is 18. The molecule has 2 aromatic heterocycles. The molecule has 2 heterocycles. The minimum atomic E-state index is -3.89. The van der Waals surface area contributed by atoms with Crippen LogP contribution in [-0.2, 0) is 9.84 Å². The van der Waals surface area contributed by atoms with Gasteiger partial charge in [0, 0.05) is 35.3 Å². The summed E-state index contributed by atoms with van der Waals surface area (Å²) in [5, 5.41) is 1.46. The number of methoxy groups -OCH3 is 4. The van der Waals surface area contributed by atoms with Gasteiger partial charge >= 0.3 is 0 Å². The molecule has 6 aromatic carbocycles. The maximum Gasteiger partial charge on any atom is 0.162 e. The topological polar surface area (TPSA) is 134 Å². The number of fused-ring (bicyclic) bond motifs is 2. The van der Waals surface area contributed by atoms with E-state index in [1.807, 2.05) is 98.8 Å². The highest BCUT2D eigenvalue weighted by atomic mass is 32.2. The van der Waals surface area contributed by atoms with Crippen LogP contribution in [0.5, 0.6) is 57.5 Å². The molecule has 0 aliphatic heterocycles. The van der Waals surface area contributed by atoms with Gasteiger partial charge in [0.25, 0.3) is 0 Å². The first-order valence-corrected chi connectivity index (χ1v) is 22.6. The van der Waals surface area contributed by atoms with E-state index in [4.69, 9.17) is 37.9 Å². The van der Waals surface area contributed by atoms with E-state index in [9.17, 15) is 8.42 Å². The van der Waals surface area contributed by atoms with Gasteiger partial charge in [0.1, 0.15) is 46.7 Å². The summed E-state index contributed by atoms with van der Waals surface area (Å²) in [5.74, 6) is 4.77. The number of aromatic nitrogens is 2. The predicted molar refractivity (Wildman–Crippen MR) is 250 cm³/mol. The fourth-order valence-electron chi connectivity index (χ4n) is 7.32. The lowest BCUT2D eigenvalue weighted by atomic mass is 10.1. The van der Waals surface area contributed by atoms with Crippen LogP contribution < -0.4 is 37.9 Å². The van der Waals surface area contributed by atoms with E-state index in [2.05, 4.69) is 9.97 Å². The van der Waals surface area contributed by atoms with E-state index < -0.39 is 22.0 Å². The van der Waals surface area contributed by atoms with Crippen molar-refractivity contribution in [3.63, 3.8) is 0 Å². The molecule has 8 aromatic rings. The normalized spacial score (nSPS) is 12.3. The smallest absolute Gasteiger partial charge is 0.162 e. The SMILES string of the molecule is COc1cc2nccc(Oc3ccc(C(CS(=O)(=O)CC(Oc4ccc(C)cc4)c4ccc(Oc5ccnc6cc(OC)c(OC)cc56)cc4)Oc4ccc(C)cc4)cc3)c2cc1OC. The van der Waals surface area contributed by atoms with E-state index in [0.717, 1.165) is 21.9 Å². The van der Waals surface area contributed by atoms with Gasteiger partial charge in [-0.15, -0.1) is 0 Å². The monoisotopic (exact) mass is 892 g/mol. The Labute approximate surface area is 378 Å². The van der Waals surface area contributed by atoms with Crippen LogP contribution >= 0.6 is 0 Å². The number of pyridine rings is 2. The van der Waals surface area contributed by atoms with Crippen LogP contribution in [0.2, 0.25) is 0 Å². The number of nitrogens with zero attached hydrogens (tertiary/aromatic N) is 2. The molecule has 8 rings (SSSR count). The van der Waals surface area contributed by atoms with Gasteiger partial charge in [-0.3, -0.25) is 9.97 Å². The average molecular weight is 893 g/mol. The van der Waals surface area contributed by atoms with Crippen molar-refractivity contribution < 1.29 is 46.3 Å². The van der Waals surface area contributed by atoms with Crippen molar-refractivity contribution in [3.8, 4) is 57.5 Å². The Balaban J connectivity index is 1.06. The predicted octanol–water partition coefficient (Wildman–Crippen LogP) is 11.4. The summed E-state index contributed by atoms with van der Waals surface area (Å²) >= 11 is 0. The lowest BCUT2D eigenvalue weighted by Gasteiger charge is -2.23. The van der Waals surface area contributed by atoms with Crippen LogP contribution in [0.4, 0.5) is 0 Å². The van der Waals surface area contributed by atoms with Crippen LogP contribution in [0.25, 0.3) is 21.8 Å². The quantitative estimate of drug-likeness (QED) is 0.0811. The second-order valence-electron chi connectivity index (χ2n) is 15.3. The summed E-state index contributed by atoms with van der Waals surface area (Å²) in [6.45, 7) is 3.96. The van der Waals surface area contributed by atoms with Gasteiger partial charge in [0.15, 0.2) is 32.8 Å². The Bertz CT molecular complexity index is 2820. The van der Waals surface area contributed by atoms with Crippen molar-refractivity contribution in [1.29, 1.82) is 0 Å². The molecule has 13 heteroatoms. The molecule has 65 heavy (non-hydrogen) atoms. The second-order valence-corrected chi connectivity index (χ2v) is 17.5. The van der Waals surface area contributed by atoms with Gasteiger partial charge in [0.05, 0.1) is 51.0 Å². The van der Waals surface area contributed by atoms with Gasteiger partial charge in [-0.25, -0.2) is 8.42 Å². The maximum atomic E-state index is 14.5. The largest absolute Gasteiger partial charge is 0.493 e. The van der Waals surface area contributed by atoms with Crippen LogP contribution in [-0.4, -0.2) is 58.3 Å². The molecule has 12 nitrogen and oxygen atoms in total. The van der Waals surface area contributed by atoms with Crippen molar-refractivity contribution in [2.75, 3.05) is 39.9 Å². The second kappa shape index (κ2) is 19.5. The third-order valence-corrected chi connectivity index (χ3v) is 12.4. The molecular formula is C52H48N2O10S. The van der Waals surface area contributed by atoms with Crippen LogP contribution in [0.15, 0.2) is 146 Å². The first-order chi connectivity index (χ1) is 31.5. The minimum absolute atomic E-state index is 0.337. The maximum absolute atomic E-state index is 14.5. The van der Waals surface area contributed by atoms with Gasteiger partial charge < -0.3 is 37.9 Å². The third kappa shape index (κ3) is 10.5. The molecule has 0 amide bonds. The molecule has 0 bridgehead atoms. The molecule has 2 unspecified atom stereocenters. The van der Waals surface area contributed by atoms with E-state index >= 15 is 0 Å². The van der Waals surface area contributed by atoms with Crippen molar-refractivity contribution in [1.82, 2.24) is 9.97 Å². The molecule has 0 spiro atoms. The first-order valence-electron chi connectivity index (χ1n) is 20.8. The zero-order valence-corrected chi connectivity index (χ0v) is 37.6. The highest BCUT2D eigenvalue weighted by molar-refractivity contribution is 7.91. The number of ether oxygens (including phenoxy) is 8. The van der Waals surface area contributed by atoms with Gasteiger partial charge in [0.2, 0.25) is 0 Å². The third-order valence-electron chi connectivity index (χ3n) is 10.8. The fourth-order valence-corrected chi connectivity index (χ4v) is 8.90. The summed E-state index contributed by atoms with van der Waals surface area (Å²) < 4.78 is 76.6. The Morgan fingerprint density at radius 1 is 0.431 bits per heavy atom. The molecule has 0 radical (unpaired) electrons. The number of benzene rings is 6. The van der Waals surface area contributed by atoms with E-state index in [-0.39, 0.29) is 11.5 Å². The Morgan fingerprint density at radius 3 is 1.12 bits per heavy atom. The molecule has 0 saturated carbocycles. The van der Waals surface area contributed by atoms with Crippen LogP contribution in [0.3, 0.4) is 0 Å². The van der Waals surface area contributed by atoms with E-state index in [0.29, 0.717) is 79.7 Å². The number of hydrogen-bond donors (Lipinski definition) is 0. The molecule has 0 saturated heterocycles. The molecular weight excluding hydrogens is 845 g/mol. The van der Waals surface area contributed by atoms with Crippen LogP contribution in [0, 0.1) is 13.8 Å². The molecule has 2 atom stereocenters. The highest BCUT2D eigenvalue weighted by Crippen LogP contribution is 2.39. The summed E-state index contributed by atoms with van der Waals surface area (Å²) in [6, 6.07) is 40.2. The van der Waals surface area contributed by atoms with Gasteiger partial charge in [-0.05, 0) is 97.8 Å². The number of hydrogen-bond acceptors (Lipinski definition) is 12. The van der Waals surface area contributed by atoms with Crippen molar-refractivity contribution in [3.05, 3.63) is 168 Å². The molecule has 0 N–H and O–H groups in total. The lowest BCUT2D eigenvalue weighted by molar-refractivity contribution is 0.221. The zero-order valence-electron chi connectivity index (χ0n) is 36.8. The Morgan fingerprint density at radius 2 is 0.769 bits per heavy atom. The standard InChI is InChI=1S/C52H48N2O10S/c1-33-7-15-37(16-8-33)63-51(35-11-19-39(20-12-35)61-45-23-25-53-43-29-49(59-5)47(57-3)27-41(43)45)31-65(55,56)32-52(64-38-17-9-34(2)10-18-38)36-13-21-40(22-14-36)62-46-24-26-54-44-30-50(60-6)48(58-4)28-42(44)46/h7-30,51-52H,31-32H2,1-6H3. The molecule has 0 aliphatic carbocycles. The highest BCUT2D eigenvalue weighted by Gasteiger charge is 2.29. The number of sulfone groups is 1. The minimum Gasteiger partial charge on any atom is -0.493 e. The van der Waals surface area contributed by atoms with E-state index in [1.165, 1.54) is 0 Å². The van der Waals surface area contributed by atoms with Crippen LogP contribution in [0.1, 0.15) is 34.5 Å². The summed E-state index contributed by atoms with van der Waals surface area (Å²) in [4.78, 5) is 8.95. The van der Waals surface area contributed by atoms with Crippen molar-refractivity contribution >= 4 is 31.6 Å². The van der Waals surface area contributed by atoms with Crippen molar-refractivity contribution in [2.45, 2.75) is 26.1 Å². The Hall–Kier alpha value is -7.51. The summed E-state index contributed by atoms with van der Waals surface area (Å²) in [5.41, 5.74) is 4.72. The molecule has 332 valence electrons. The molecule has 0 fully saturated rings. The van der Waals surface area contributed by atoms with Gasteiger partial charge in [-0.2, -0.15) is 0 Å². The Kier molecular flexibility index (Phi) is 13.2. The van der Waals surface area contributed by atoms with Crippen molar-refractivity contribution in [2.24, 2.45) is 0 Å². The number of aryl methyl sites for hydroxylation is 2. The fraction of sp³-hybridized carbons (Fsp3) is 0.192. The lowest BCUT2D eigenvalue weighted by Crippen LogP contribution is -2.26.